The van der Waals surface area contributed by atoms with Gasteiger partial charge in [-0.2, -0.15) is 0 Å². The van der Waals surface area contributed by atoms with Crippen molar-refractivity contribution in [2.45, 2.75) is 11.1 Å². The quantitative estimate of drug-likeness (QED) is 0.357. The largest absolute Gasteiger partial charge is 0.388 e. The van der Waals surface area contributed by atoms with Crippen LogP contribution >= 0.6 is 23.1 Å². The Morgan fingerprint density at radius 3 is 2.33 bits per heavy atom. The predicted molar refractivity (Wildman–Crippen MR) is 105 cm³/mol. The Morgan fingerprint density at radius 2 is 1.63 bits per heavy atom. The van der Waals surface area contributed by atoms with Crippen LogP contribution in [0.25, 0.3) is 21.3 Å². The number of hydrogen-bond donors (Lipinski definition) is 1. The number of nitrogens with zero attached hydrogens (tertiary/aromatic N) is 2. The molecule has 0 saturated carbocycles. The van der Waals surface area contributed by atoms with E-state index in [2.05, 4.69) is 9.97 Å². The molecule has 4 aromatic rings. The molecule has 2 aromatic heterocycles. The molecule has 0 aliphatic rings. The van der Waals surface area contributed by atoms with Gasteiger partial charge in [0.15, 0.2) is 0 Å². The summed E-state index contributed by atoms with van der Waals surface area (Å²) in [6.07, 6.45) is 0.758. The van der Waals surface area contributed by atoms with Crippen molar-refractivity contribution < 1.29 is 13.9 Å². The van der Waals surface area contributed by atoms with E-state index < -0.39 is 6.10 Å². The lowest BCUT2D eigenvalue weighted by Crippen LogP contribution is -2.01. The second kappa shape index (κ2) is 7.72. The second-order valence-corrected chi connectivity index (χ2v) is 7.76. The van der Waals surface area contributed by atoms with E-state index in [-0.39, 0.29) is 11.6 Å². The standard InChI is InChI=1S/C20H14F2N2OS2/c21-14-5-1-12(2-6-14)16-9-26-19-18(16)20(24-11-23-19)27-10-17(25)13-3-7-15(22)8-4-13/h1-9,11,17,25H,10H2/t17-/m1/s1. The molecule has 1 atom stereocenters. The highest BCUT2D eigenvalue weighted by molar-refractivity contribution is 7.99. The summed E-state index contributed by atoms with van der Waals surface area (Å²) in [6, 6.07) is 12.1. The van der Waals surface area contributed by atoms with Crippen molar-refractivity contribution in [1.82, 2.24) is 9.97 Å². The van der Waals surface area contributed by atoms with E-state index in [9.17, 15) is 13.9 Å². The number of benzene rings is 2. The summed E-state index contributed by atoms with van der Waals surface area (Å²) in [5, 5.41) is 14.0. The van der Waals surface area contributed by atoms with Gasteiger partial charge in [0.1, 0.15) is 27.8 Å². The van der Waals surface area contributed by atoms with Crippen molar-refractivity contribution in [2.24, 2.45) is 0 Å². The smallest absolute Gasteiger partial charge is 0.128 e. The van der Waals surface area contributed by atoms with E-state index in [1.54, 1.807) is 24.3 Å². The van der Waals surface area contributed by atoms with E-state index in [1.807, 2.05) is 5.38 Å². The molecule has 0 aliphatic heterocycles. The molecule has 0 radical (unpaired) electrons. The zero-order valence-electron chi connectivity index (χ0n) is 14.0. The topological polar surface area (TPSA) is 46.0 Å². The average molecular weight is 400 g/mol. The van der Waals surface area contributed by atoms with E-state index in [1.165, 1.54) is 53.7 Å². The van der Waals surface area contributed by atoms with Crippen LogP contribution in [0.1, 0.15) is 11.7 Å². The Labute approximate surface area is 162 Å². The Balaban J connectivity index is 1.62. The molecule has 2 heterocycles. The molecule has 2 aromatic carbocycles. The number of halogens is 2. The molecular weight excluding hydrogens is 386 g/mol. The Morgan fingerprint density at radius 1 is 0.963 bits per heavy atom. The molecule has 1 N–H and O–H groups in total. The van der Waals surface area contributed by atoms with Crippen LogP contribution in [0.2, 0.25) is 0 Å². The van der Waals surface area contributed by atoms with Crippen molar-refractivity contribution in [1.29, 1.82) is 0 Å². The van der Waals surface area contributed by atoms with Crippen LogP contribution in [0.4, 0.5) is 8.78 Å². The van der Waals surface area contributed by atoms with Crippen molar-refractivity contribution in [3.63, 3.8) is 0 Å². The number of fused-ring (bicyclic) bond motifs is 1. The fourth-order valence-electron chi connectivity index (χ4n) is 2.74. The fraction of sp³-hybridized carbons (Fsp3) is 0.100. The monoisotopic (exact) mass is 400 g/mol. The van der Waals surface area contributed by atoms with Crippen LogP contribution in [0.5, 0.6) is 0 Å². The number of aliphatic hydroxyl groups is 1. The van der Waals surface area contributed by atoms with Gasteiger partial charge in [0.25, 0.3) is 0 Å². The molecule has 0 amide bonds. The summed E-state index contributed by atoms with van der Waals surface area (Å²) < 4.78 is 26.3. The highest BCUT2D eigenvalue weighted by atomic mass is 32.2. The summed E-state index contributed by atoms with van der Waals surface area (Å²) in [5.74, 6) is -0.249. The normalized spacial score (nSPS) is 12.4. The number of hydrogen-bond acceptors (Lipinski definition) is 5. The van der Waals surface area contributed by atoms with Gasteiger partial charge >= 0.3 is 0 Å². The van der Waals surface area contributed by atoms with Crippen LogP contribution < -0.4 is 0 Å². The Bertz CT molecular complexity index is 1070. The molecule has 0 fully saturated rings. The van der Waals surface area contributed by atoms with Gasteiger partial charge < -0.3 is 5.11 Å². The van der Waals surface area contributed by atoms with Crippen molar-refractivity contribution in [3.8, 4) is 11.1 Å². The third-order valence-electron chi connectivity index (χ3n) is 4.12. The van der Waals surface area contributed by atoms with Crippen LogP contribution in [0, 0.1) is 11.6 Å². The van der Waals surface area contributed by atoms with Gasteiger partial charge in [-0.25, -0.2) is 18.7 Å². The third kappa shape index (κ3) is 3.85. The van der Waals surface area contributed by atoms with Crippen LogP contribution in [0.15, 0.2) is 65.3 Å². The first-order chi connectivity index (χ1) is 13.1. The molecule has 0 bridgehead atoms. The maximum absolute atomic E-state index is 13.2. The van der Waals surface area contributed by atoms with Gasteiger partial charge in [0.2, 0.25) is 0 Å². The number of thioether (sulfide) groups is 1. The molecular formula is C20H14F2N2OS2. The molecule has 3 nitrogen and oxygen atoms in total. The van der Waals surface area contributed by atoms with E-state index in [0.29, 0.717) is 11.3 Å². The van der Waals surface area contributed by atoms with Crippen molar-refractivity contribution >= 4 is 33.3 Å². The minimum atomic E-state index is -0.742. The summed E-state index contributed by atoms with van der Waals surface area (Å²) in [5.41, 5.74) is 2.48. The van der Waals surface area contributed by atoms with Gasteiger partial charge in [0, 0.05) is 16.7 Å². The summed E-state index contributed by atoms with van der Waals surface area (Å²) in [7, 11) is 0. The van der Waals surface area contributed by atoms with E-state index in [0.717, 1.165) is 26.4 Å². The first-order valence-electron chi connectivity index (χ1n) is 8.16. The third-order valence-corrected chi connectivity index (χ3v) is 6.08. The van der Waals surface area contributed by atoms with Crippen molar-refractivity contribution in [3.05, 3.63) is 77.4 Å². The lowest BCUT2D eigenvalue weighted by Gasteiger charge is -2.11. The van der Waals surface area contributed by atoms with Crippen LogP contribution in [-0.2, 0) is 0 Å². The van der Waals surface area contributed by atoms with Gasteiger partial charge in [0.05, 0.1) is 11.5 Å². The van der Waals surface area contributed by atoms with Gasteiger partial charge in [-0.3, -0.25) is 0 Å². The van der Waals surface area contributed by atoms with Crippen LogP contribution in [0.3, 0.4) is 0 Å². The second-order valence-electron chi connectivity index (χ2n) is 5.89. The van der Waals surface area contributed by atoms with Gasteiger partial charge in [-0.15, -0.1) is 23.1 Å². The average Bonchev–Trinajstić information content (AvgIpc) is 3.12. The molecule has 27 heavy (non-hydrogen) atoms. The van der Waals surface area contributed by atoms with Gasteiger partial charge in [-0.05, 0) is 35.4 Å². The zero-order valence-corrected chi connectivity index (χ0v) is 15.6. The SMILES string of the molecule is O[C@H](CSc1ncnc2scc(-c3ccc(F)cc3)c12)c1ccc(F)cc1. The minimum absolute atomic E-state index is 0.286. The number of thiophene rings is 1. The highest BCUT2D eigenvalue weighted by Gasteiger charge is 2.16. The molecule has 0 spiro atoms. The molecule has 0 saturated heterocycles. The molecule has 0 unspecified atom stereocenters. The molecule has 7 heteroatoms. The predicted octanol–water partition coefficient (Wildman–Crippen LogP) is 5.46. The molecule has 136 valence electrons. The summed E-state index contributed by atoms with van der Waals surface area (Å²) in [4.78, 5) is 9.53. The van der Waals surface area contributed by atoms with E-state index >= 15 is 0 Å². The highest BCUT2D eigenvalue weighted by Crippen LogP contribution is 2.38. The molecule has 0 aliphatic carbocycles. The lowest BCUT2D eigenvalue weighted by atomic mass is 10.1. The number of rotatable bonds is 5. The Hall–Kier alpha value is -2.35. The van der Waals surface area contributed by atoms with E-state index in [4.69, 9.17) is 0 Å². The molecule has 4 rings (SSSR count). The number of aliphatic hydroxyl groups excluding tert-OH is 1. The first-order valence-corrected chi connectivity index (χ1v) is 10.0. The zero-order chi connectivity index (χ0) is 18.8. The van der Waals surface area contributed by atoms with Crippen molar-refractivity contribution in [2.75, 3.05) is 5.75 Å². The number of aromatic nitrogens is 2. The lowest BCUT2D eigenvalue weighted by molar-refractivity contribution is 0.204. The maximum Gasteiger partial charge on any atom is 0.128 e. The van der Waals surface area contributed by atoms with Gasteiger partial charge in [-0.1, -0.05) is 24.3 Å². The summed E-state index contributed by atoms with van der Waals surface area (Å²) in [6.45, 7) is 0. The Kier molecular flexibility index (Phi) is 5.15. The maximum atomic E-state index is 13.2. The summed E-state index contributed by atoms with van der Waals surface area (Å²) >= 11 is 2.91. The van der Waals surface area contributed by atoms with Crippen LogP contribution in [-0.4, -0.2) is 20.8 Å². The fourth-order valence-corrected chi connectivity index (χ4v) is 4.70. The minimum Gasteiger partial charge on any atom is -0.388 e. The first kappa shape index (κ1) is 18.0.